The molecule has 3 rings (SSSR count). The summed E-state index contributed by atoms with van der Waals surface area (Å²) in [5.74, 6) is -0.280. The van der Waals surface area contributed by atoms with Gasteiger partial charge < -0.3 is 5.32 Å². The molecule has 0 saturated carbocycles. The van der Waals surface area contributed by atoms with Crippen LogP contribution in [0.15, 0.2) is 77.7 Å². The molecule has 2 amide bonds. The molecule has 2 N–H and O–H groups in total. The summed E-state index contributed by atoms with van der Waals surface area (Å²) in [5.41, 5.74) is 1.31. The van der Waals surface area contributed by atoms with Crippen LogP contribution in [0, 0.1) is 0 Å². The van der Waals surface area contributed by atoms with Crippen molar-refractivity contribution >= 4 is 68.4 Å². The van der Waals surface area contributed by atoms with Crippen LogP contribution in [0.1, 0.15) is 15.9 Å². The second-order valence-electron chi connectivity index (χ2n) is 6.45. The molecule has 0 heterocycles. The predicted molar refractivity (Wildman–Crippen MR) is 127 cm³/mol. The lowest BCUT2D eigenvalue weighted by molar-refractivity contribution is 0.104. The molecule has 0 atom stereocenters. The lowest BCUT2D eigenvalue weighted by Gasteiger charge is -2.09. The topological polar surface area (TPSA) is 92.3 Å². The van der Waals surface area contributed by atoms with E-state index in [1.54, 1.807) is 24.3 Å². The molecule has 10 heteroatoms. The molecule has 0 spiro atoms. The molecule has 164 valence electrons. The summed E-state index contributed by atoms with van der Waals surface area (Å²) in [6, 6.07) is 15.3. The van der Waals surface area contributed by atoms with Crippen molar-refractivity contribution < 1.29 is 18.0 Å². The highest BCUT2D eigenvalue weighted by Gasteiger charge is 2.17. The maximum Gasteiger partial charge on any atom is 0.333 e. The Labute approximate surface area is 199 Å². The van der Waals surface area contributed by atoms with Gasteiger partial charge in [-0.05, 0) is 78.4 Å². The molecule has 0 saturated heterocycles. The molecule has 0 fully saturated rings. The number of hydrogen-bond donors (Lipinski definition) is 2. The average Bonchev–Trinajstić information content (AvgIpc) is 2.73. The number of ketones is 1. The first kappa shape index (κ1) is 23.8. The Balaban J connectivity index is 1.62. The van der Waals surface area contributed by atoms with Crippen LogP contribution < -0.4 is 10.0 Å². The number of anilines is 1. The van der Waals surface area contributed by atoms with Crippen LogP contribution in [0.2, 0.25) is 15.1 Å². The fourth-order valence-electron chi connectivity index (χ4n) is 2.57. The van der Waals surface area contributed by atoms with E-state index in [1.807, 2.05) is 4.72 Å². The monoisotopic (exact) mass is 508 g/mol. The van der Waals surface area contributed by atoms with E-state index in [0.29, 0.717) is 31.9 Å². The molecular weight excluding hydrogens is 495 g/mol. The van der Waals surface area contributed by atoms with Gasteiger partial charge in [0, 0.05) is 26.3 Å². The highest BCUT2D eigenvalue weighted by molar-refractivity contribution is 7.90. The van der Waals surface area contributed by atoms with E-state index in [0.717, 1.165) is 0 Å². The van der Waals surface area contributed by atoms with Crippen LogP contribution in [0.4, 0.5) is 10.5 Å². The molecule has 0 unspecified atom stereocenters. The lowest BCUT2D eigenvalue weighted by atomic mass is 10.1. The van der Waals surface area contributed by atoms with E-state index in [-0.39, 0.29) is 10.7 Å². The summed E-state index contributed by atoms with van der Waals surface area (Å²) in [7, 11) is -4.06. The second-order valence-corrected chi connectivity index (χ2v) is 9.42. The minimum absolute atomic E-state index is 0.106. The molecule has 0 aromatic heterocycles. The number of rotatable bonds is 6. The van der Waals surface area contributed by atoms with E-state index < -0.39 is 16.1 Å². The van der Waals surface area contributed by atoms with Crippen molar-refractivity contribution in [2.75, 3.05) is 5.32 Å². The SMILES string of the molecule is O=C(Nc1ccc(C(=O)/C=C/c2ccc(Cl)cc2Cl)cc1)NS(=O)(=O)c1ccc(Cl)cc1. The predicted octanol–water partition coefficient (Wildman–Crippen LogP) is 6.05. The summed E-state index contributed by atoms with van der Waals surface area (Å²) >= 11 is 17.7. The number of carbonyl (C=O) groups excluding carboxylic acids is 2. The standard InChI is InChI=1S/C22H15Cl3N2O4S/c23-16-6-10-19(11-7-16)32(30,31)27-22(29)26-18-8-2-15(3-9-18)21(28)12-4-14-1-5-17(24)13-20(14)25/h1-13H,(H2,26,27,29)/b12-4+. The smallest absolute Gasteiger partial charge is 0.307 e. The molecule has 0 aliphatic carbocycles. The summed E-state index contributed by atoms with van der Waals surface area (Å²) in [5, 5.41) is 3.68. The third-order valence-electron chi connectivity index (χ3n) is 4.16. The molecule has 3 aromatic rings. The fourth-order valence-corrected chi connectivity index (χ4v) is 4.07. The fraction of sp³-hybridized carbons (Fsp3) is 0. The number of hydrogen-bond acceptors (Lipinski definition) is 4. The van der Waals surface area contributed by atoms with Crippen molar-refractivity contribution in [2.45, 2.75) is 4.90 Å². The van der Waals surface area contributed by atoms with Gasteiger partial charge >= 0.3 is 6.03 Å². The van der Waals surface area contributed by atoms with E-state index >= 15 is 0 Å². The minimum atomic E-state index is -4.06. The Morgan fingerprint density at radius 1 is 0.812 bits per heavy atom. The van der Waals surface area contributed by atoms with Crippen molar-refractivity contribution in [2.24, 2.45) is 0 Å². The van der Waals surface area contributed by atoms with Gasteiger partial charge in [-0.15, -0.1) is 0 Å². The van der Waals surface area contributed by atoms with Gasteiger partial charge in [-0.3, -0.25) is 4.79 Å². The van der Waals surface area contributed by atoms with E-state index in [9.17, 15) is 18.0 Å². The number of halogens is 3. The highest BCUT2D eigenvalue weighted by atomic mass is 35.5. The van der Waals surface area contributed by atoms with Gasteiger partial charge in [-0.1, -0.05) is 40.9 Å². The van der Waals surface area contributed by atoms with Crippen LogP contribution in [0.5, 0.6) is 0 Å². The van der Waals surface area contributed by atoms with Gasteiger partial charge in [0.25, 0.3) is 10.0 Å². The van der Waals surface area contributed by atoms with Crippen LogP contribution in [-0.2, 0) is 10.0 Å². The van der Waals surface area contributed by atoms with Gasteiger partial charge in [0.1, 0.15) is 0 Å². The Kier molecular flexibility index (Phi) is 7.58. The van der Waals surface area contributed by atoms with Gasteiger partial charge in [-0.25, -0.2) is 17.9 Å². The van der Waals surface area contributed by atoms with Gasteiger partial charge in [0.2, 0.25) is 0 Å². The Morgan fingerprint density at radius 2 is 1.44 bits per heavy atom. The largest absolute Gasteiger partial charge is 0.333 e. The number of sulfonamides is 1. The van der Waals surface area contributed by atoms with Crippen molar-refractivity contribution in [1.29, 1.82) is 0 Å². The zero-order valence-electron chi connectivity index (χ0n) is 16.2. The normalized spacial score (nSPS) is 11.3. The first-order valence-electron chi connectivity index (χ1n) is 9.01. The maximum atomic E-state index is 12.4. The first-order chi connectivity index (χ1) is 15.1. The molecule has 3 aromatic carbocycles. The molecule has 0 aliphatic heterocycles. The van der Waals surface area contributed by atoms with Crippen LogP contribution in [0.25, 0.3) is 6.08 Å². The minimum Gasteiger partial charge on any atom is -0.307 e. The summed E-state index contributed by atoms with van der Waals surface area (Å²) < 4.78 is 26.4. The number of allylic oxidation sites excluding steroid dienone is 1. The van der Waals surface area contributed by atoms with Crippen molar-refractivity contribution in [3.63, 3.8) is 0 Å². The molecule has 0 bridgehead atoms. The first-order valence-corrected chi connectivity index (χ1v) is 11.6. The summed E-state index contributed by atoms with van der Waals surface area (Å²) in [6.45, 7) is 0. The van der Waals surface area contributed by atoms with Crippen molar-refractivity contribution in [3.8, 4) is 0 Å². The average molecular weight is 510 g/mol. The van der Waals surface area contributed by atoms with Gasteiger partial charge in [-0.2, -0.15) is 0 Å². The number of urea groups is 1. The van der Waals surface area contributed by atoms with Gasteiger partial charge in [0.15, 0.2) is 5.78 Å². The van der Waals surface area contributed by atoms with Crippen molar-refractivity contribution in [3.05, 3.63) is 99.0 Å². The second kappa shape index (κ2) is 10.2. The zero-order chi connectivity index (χ0) is 23.3. The summed E-state index contributed by atoms with van der Waals surface area (Å²) in [6.07, 6.45) is 2.94. The zero-order valence-corrected chi connectivity index (χ0v) is 19.3. The molecular formula is C22H15Cl3N2O4S. The third-order valence-corrected chi connectivity index (χ3v) is 6.32. The van der Waals surface area contributed by atoms with E-state index in [1.165, 1.54) is 54.6 Å². The molecule has 0 aliphatic rings. The third kappa shape index (κ3) is 6.34. The Hall–Kier alpha value is -2.84. The summed E-state index contributed by atoms with van der Waals surface area (Å²) in [4.78, 5) is 24.3. The Bertz CT molecular complexity index is 1290. The molecule has 32 heavy (non-hydrogen) atoms. The highest BCUT2D eigenvalue weighted by Crippen LogP contribution is 2.22. The van der Waals surface area contributed by atoms with E-state index in [2.05, 4.69) is 5.32 Å². The molecule has 6 nitrogen and oxygen atoms in total. The molecule has 0 radical (unpaired) electrons. The number of nitrogens with one attached hydrogen (secondary N) is 2. The number of carbonyl (C=O) groups is 2. The maximum absolute atomic E-state index is 12.4. The van der Waals surface area contributed by atoms with Crippen LogP contribution in [0.3, 0.4) is 0 Å². The number of amides is 2. The van der Waals surface area contributed by atoms with Gasteiger partial charge in [0.05, 0.1) is 4.90 Å². The quantitative estimate of drug-likeness (QED) is 0.312. The van der Waals surface area contributed by atoms with Crippen LogP contribution >= 0.6 is 34.8 Å². The van der Waals surface area contributed by atoms with Crippen LogP contribution in [-0.4, -0.2) is 20.2 Å². The van der Waals surface area contributed by atoms with E-state index in [4.69, 9.17) is 34.8 Å². The Morgan fingerprint density at radius 3 is 2.06 bits per heavy atom. The lowest BCUT2D eigenvalue weighted by Crippen LogP contribution is -2.34. The number of benzene rings is 3. The van der Waals surface area contributed by atoms with Crippen molar-refractivity contribution in [1.82, 2.24) is 4.72 Å².